The summed E-state index contributed by atoms with van der Waals surface area (Å²) in [5.41, 5.74) is 1.28. The highest BCUT2D eigenvalue weighted by Crippen LogP contribution is 2.41. The summed E-state index contributed by atoms with van der Waals surface area (Å²) >= 11 is 0. The van der Waals surface area contributed by atoms with E-state index in [1.165, 1.54) is 5.56 Å². The number of carbonyl (C=O) groups is 1. The molecule has 1 aliphatic carbocycles. The molecule has 2 rings (SSSR count). The van der Waals surface area contributed by atoms with Crippen molar-refractivity contribution < 1.29 is 33.2 Å². The molecule has 0 spiro atoms. The number of amides is 1. The maximum atomic E-state index is 11.8. The third-order valence-corrected chi connectivity index (χ3v) is 8.00. The molecule has 1 saturated carbocycles. The van der Waals surface area contributed by atoms with Gasteiger partial charge >= 0.3 is 0 Å². The van der Waals surface area contributed by atoms with E-state index in [0.717, 1.165) is 38.5 Å². The van der Waals surface area contributed by atoms with Crippen LogP contribution in [0.3, 0.4) is 0 Å². The number of nitrogens with one attached hydrogen (secondary N) is 1. The van der Waals surface area contributed by atoms with Crippen LogP contribution < -0.4 is 5.32 Å². The number of allylic oxidation sites excluding steroid dienone is 2. The Kier molecular flexibility index (Phi) is 20.2. The zero-order valence-corrected chi connectivity index (χ0v) is 29.0. The summed E-state index contributed by atoms with van der Waals surface area (Å²) in [6.45, 7) is 16.2. The van der Waals surface area contributed by atoms with Gasteiger partial charge in [0.15, 0.2) is 18.9 Å². The van der Waals surface area contributed by atoms with E-state index >= 15 is 0 Å². The number of ether oxygens (including phenoxy) is 6. The Morgan fingerprint density at radius 2 is 1.53 bits per heavy atom. The third kappa shape index (κ3) is 15.9. The van der Waals surface area contributed by atoms with Crippen LogP contribution in [-0.4, -0.2) is 69.5 Å². The second-order valence-corrected chi connectivity index (χ2v) is 11.5. The number of unbranched alkanes of at least 4 members (excludes halogenated alkanes) is 1. The van der Waals surface area contributed by atoms with Gasteiger partial charge in [0, 0.05) is 45.1 Å². The molecule has 3 unspecified atom stereocenters. The van der Waals surface area contributed by atoms with Crippen LogP contribution in [0.4, 0.5) is 0 Å². The van der Waals surface area contributed by atoms with Crippen molar-refractivity contribution in [3.63, 3.8) is 0 Å². The Balaban J connectivity index is 2.29. The molecule has 8 nitrogen and oxygen atoms in total. The molecular formula is C37H61NO7. The average molecular weight is 632 g/mol. The highest BCUT2D eigenvalue weighted by atomic mass is 16.7. The Morgan fingerprint density at radius 1 is 0.889 bits per heavy atom. The van der Waals surface area contributed by atoms with E-state index in [2.05, 4.69) is 53.9 Å². The van der Waals surface area contributed by atoms with Gasteiger partial charge in [0.1, 0.15) is 0 Å². The maximum Gasteiger partial charge on any atom is 0.219 e. The molecule has 1 amide bonds. The number of aryl methyl sites for hydroxylation is 1. The van der Waals surface area contributed by atoms with E-state index in [-0.39, 0.29) is 54.9 Å². The Morgan fingerprint density at radius 3 is 2.18 bits per heavy atom. The minimum absolute atomic E-state index is 0.0500. The van der Waals surface area contributed by atoms with Gasteiger partial charge in [-0.15, -0.1) is 0 Å². The minimum Gasteiger partial charge on any atom is -0.356 e. The molecule has 1 fully saturated rings. The van der Waals surface area contributed by atoms with Gasteiger partial charge < -0.3 is 33.7 Å². The van der Waals surface area contributed by atoms with Gasteiger partial charge in [0.2, 0.25) is 5.91 Å². The monoisotopic (exact) mass is 631 g/mol. The summed E-state index contributed by atoms with van der Waals surface area (Å²) in [5, 5.41) is 2.87. The summed E-state index contributed by atoms with van der Waals surface area (Å²) < 4.78 is 36.7. The predicted molar refractivity (Wildman–Crippen MR) is 180 cm³/mol. The second kappa shape index (κ2) is 23.3. The molecule has 8 heteroatoms. The third-order valence-electron chi connectivity index (χ3n) is 8.00. The number of carbonyl (C=O) groups excluding carboxylic acids is 1. The molecule has 0 aromatic heterocycles. The van der Waals surface area contributed by atoms with E-state index in [9.17, 15) is 4.79 Å². The molecule has 1 aromatic rings. The number of benzene rings is 1. The highest BCUT2D eigenvalue weighted by Gasteiger charge is 2.44. The minimum atomic E-state index is -0.326. The molecule has 1 aliphatic rings. The first-order valence-electron chi connectivity index (χ1n) is 17.3. The number of rotatable bonds is 24. The van der Waals surface area contributed by atoms with Crippen molar-refractivity contribution in [2.75, 3.05) is 26.4 Å². The summed E-state index contributed by atoms with van der Waals surface area (Å²) in [7, 11) is 0. The lowest BCUT2D eigenvalue weighted by molar-refractivity contribution is -0.175. The fourth-order valence-electron chi connectivity index (χ4n) is 5.98. The standard InChI is InChI=1S/C37H61NO7/c1-8-38-37(39)22-18-13-12-17-21-33-34(36(45-30(7)42-11-4)27-35(33)44-29(6)41-10-3)26-25-32(43-28(5)40-9-2)24-23-31-19-15-14-16-20-31/h12,14-17,19-20,25-26,28-30,32-36H,8-11,13,18,21-24,27H2,1-7H3,(H,38,39)/b17-12-,26-25+/t28?,29?,30?,32-,33+,34+,35-,36+/m0/s1. The lowest BCUT2D eigenvalue weighted by Gasteiger charge is -2.27. The highest BCUT2D eigenvalue weighted by molar-refractivity contribution is 5.75. The van der Waals surface area contributed by atoms with Crippen molar-refractivity contribution in [2.45, 2.75) is 131 Å². The summed E-state index contributed by atoms with van der Waals surface area (Å²) in [4.78, 5) is 11.8. The molecule has 1 N–H and O–H groups in total. The molecule has 256 valence electrons. The Hall–Kier alpha value is -2.07. The van der Waals surface area contributed by atoms with Crippen LogP contribution in [0, 0.1) is 11.8 Å². The van der Waals surface area contributed by atoms with E-state index in [1.807, 2.05) is 54.5 Å². The summed E-state index contributed by atoms with van der Waals surface area (Å²) in [6, 6.07) is 10.5. The van der Waals surface area contributed by atoms with Crippen molar-refractivity contribution in [1.82, 2.24) is 5.32 Å². The van der Waals surface area contributed by atoms with E-state index in [1.54, 1.807) is 0 Å². The van der Waals surface area contributed by atoms with Crippen LogP contribution in [-0.2, 0) is 39.6 Å². The predicted octanol–water partition coefficient (Wildman–Crippen LogP) is 7.37. The van der Waals surface area contributed by atoms with Crippen molar-refractivity contribution in [1.29, 1.82) is 0 Å². The van der Waals surface area contributed by atoms with Crippen LogP contribution in [0.25, 0.3) is 0 Å². The van der Waals surface area contributed by atoms with Gasteiger partial charge in [0.25, 0.3) is 0 Å². The van der Waals surface area contributed by atoms with Crippen molar-refractivity contribution in [2.24, 2.45) is 11.8 Å². The fraction of sp³-hybridized carbons (Fsp3) is 0.703. The first-order chi connectivity index (χ1) is 21.8. The van der Waals surface area contributed by atoms with Crippen molar-refractivity contribution >= 4 is 5.91 Å². The van der Waals surface area contributed by atoms with Gasteiger partial charge in [-0.2, -0.15) is 0 Å². The lowest BCUT2D eigenvalue weighted by atomic mass is 9.89. The molecule has 0 radical (unpaired) electrons. The molecule has 45 heavy (non-hydrogen) atoms. The molecular weight excluding hydrogens is 570 g/mol. The quantitative estimate of drug-likeness (QED) is 0.0725. The molecule has 0 aliphatic heterocycles. The SMILES string of the molecule is CCNC(=O)CCC/C=C\C[C@@H]1[C@@H](/C=C/[C@H](CCc2ccccc2)OC(C)OCC)[C@H](OC(C)OCC)C[C@@H]1OC(C)OCC. The molecule has 8 atom stereocenters. The van der Waals surface area contributed by atoms with E-state index in [0.29, 0.717) is 32.8 Å². The van der Waals surface area contributed by atoms with E-state index < -0.39 is 0 Å². The largest absolute Gasteiger partial charge is 0.356 e. The Bertz CT molecular complexity index is 955. The Labute approximate surface area is 273 Å². The fourth-order valence-corrected chi connectivity index (χ4v) is 5.98. The first kappa shape index (κ1) is 39.1. The van der Waals surface area contributed by atoms with Gasteiger partial charge in [-0.05, 0) is 92.1 Å². The second-order valence-electron chi connectivity index (χ2n) is 11.5. The van der Waals surface area contributed by atoms with Crippen LogP contribution in [0.5, 0.6) is 0 Å². The van der Waals surface area contributed by atoms with Gasteiger partial charge in [-0.1, -0.05) is 54.6 Å². The normalized spacial score (nSPS) is 23.0. The first-order valence-corrected chi connectivity index (χ1v) is 17.3. The lowest BCUT2D eigenvalue weighted by Crippen LogP contribution is -2.28. The zero-order valence-electron chi connectivity index (χ0n) is 29.0. The molecule has 0 saturated heterocycles. The van der Waals surface area contributed by atoms with Crippen molar-refractivity contribution in [3.05, 3.63) is 60.2 Å². The molecule has 0 heterocycles. The van der Waals surface area contributed by atoms with Crippen LogP contribution in [0.2, 0.25) is 0 Å². The van der Waals surface area contributed by atoms with Gasteiger partial charge in [0.05, 0.1) is 18.3 Å². The molecule has 1 aromatic carbocycles. The van der Waals surface area contributed by atoms with Crippen molar-refractivity contribution in [3.8, 4) is 0 Å². The van der Waals surface area contributed by atoms with Gasteiger partial charge in [-0.3, -0.25) is 4.79 Å². The number of hydrogen-bond donors (Lipinski definition) is 1. The summed E-state index contributed by atoms with van der Waals surface area (Å²) in [6.07, 6.45) is 13.2. The molecule has 0 bridgehead atoms. The van der Waals surface area contributed by atoms with Crippen LogP contribution in [0.1, 0.15) is 92.6 Å². The maximum absolute atomic E-state index is 11.8. The van der Waals surface area contributed by atoms with Crippen LogP contribution in [0.15, 0.2) is 54.6 Å². The van der Waals surface area contributed by atoms with E-state index in [4.69, 9.17) is 28.4 Å². The van der Waals surface area contributed by atoms with Gasteiger partial charge in [-0.25, -0.2) is 0 Å². The zero-order chi connectivity index (χ0) is 32.9. The smallest absolute Gasteiger partial charge is 0.219 e. The topological polar surface area (TPSA) is 84.5 Å². The average Bonchev–Trinajstić information content (AvgIpc) is 3.31. The number of hydrogen-bond acceptors (Lipinski definition) is 7. The van der Waals surface area contributed by atoms with Crippen LogP contribution >= 0.6 is 0 Å². The summed E-state index contributed by atoms with van der Waals surface area (Å²) in [5.74, 6) is 0.357.